The van der Waals surface area contributed by atoms with Gasteiger partial charge in [-0.05, 0) is 52.7 Å². The molecular formula is C25H31BrN2O6. The summed E-state index contributed by atoms with van der Waals surface area (Å²) in [6.07, 6.45) is -0.286. The second-order valence-electron chi connectivity index (χ2n) is 7.69. The SMILES string of the molecule is COc1cc(/C(=C/N)OC(C)C(=O)C(OC)c2ccc(N3CCOCC3)cc2)cc(OC)c1Br. The Morgan fingerprint density at radius 2 is 1.68 bits per heavy atom. The first-order valence-electron chi connectivity index (χ1n) is 10.9. The zero-order chi connectivity index (χ0) is 24.7. The van der Waals surface area contributed by atoms with Gasteiger partial charge in [0.2, 0.25) is 5.78 Å². The van der Waals surface area contributed by atoms with Crippen LogP contribution in [0, 0.1) is 0 Å². The molecule has 2 unspecified atom stereocenters. The number of carbonyl (C=O) groups excluding carboxylic acids is 1. The molecule has 1 aliphatic heterocycles. The Morgan fingerprint density at radius 3 is 2.18 bits per heavy atom. The summed E-state index contributed by atoms with van der Waals surface area (Å²) in [6.45, 7) is 4.78. The fourth-order valence-electron chi connectivity index (χ4n) is 3.77. The number of hydrogen-bond acceptors (Lipinski definition) is 8. The molecule has 1 fully saturated rings. The van der Waals surface area contributed by atoms with Gasteiger partial charge in [-0.3, -0.25) is 4.79 Å². The molecule has 2 aromatic carbocycles. The number of morpholine rings is 1. The number of anilines is 1. The van der Waals surface area contributed by atoms with Crippen molar-refractivity contribution in [3.05, 3.63) is 58.2 Å². The second kappa shape index (κ2) is 12.1. The molecule has 0 bridgehead atoms. The molecule has 2 N–H and O–H groups in total. The lowest BCUT2D eigenvalue weighted by atomic mass is 10.0. The Labute approximate surface area is 208 Å². The highest BCUT2D eigenvalue weighted by Gasteiger charge is 2.28. The Hall–Kier alpha value is -2.75. The van der Waals surface area contributed by atoms with Gasteiger partial charge in [-0.2, -0.15) is 0 Å². The van der Waals surface area contributed by atoms with Gasteiger partial charge in [-0.1, -0.05) is 12.1 Å². The van der Waals surface area contributed by atoms with E-state index in [0.717, 1.165) is 24.3 Å². The minimum Gasteiger partial charge on any atom is -0.495 e. The molecule has 1 saturated heterocycles. The summed E-state index contributed by atoms with van der Waals surface area (Å²) in [7, 11) is 4.61. The van der Waals surface area contributed by atoms with Crippen molar-refractivity contribution < 1.29 is 28.5 Å². The van der Waals surface area contributed by atoms with Crippen LogP contribution in [0.5, 0.6) is 11.5 Å². The lowest BCUT2D eigenvalue weighted by Crippen LogP contribution is -2.36. The Balaban J connectivity index is 1.75. The van der Waals surface area contributed by atoms with E-state index in [4.69, 9.17) is 29.4 Å². The van der Waals surface area contributed by atoms with Gasteiger partial charge in [0.15, 0.2) is 6.10 Å². The van der Waals surface area contributed by atoms with Crippen molar-refractivity contribution in [2.24, 2.45) is 5.73 Å². The highest BCUT2D eigenvalue weighted by molar-refractivity contribution is 9.10. The van der Waals surface area contributed by atoms with Crippen LogP contribution in [-0.2, 0) is 19.0 Å². The normalized spacial score (nSPS) is 16.0. The van der Waals surface area contributed by atoms with E-state index in [1.807, 2.05) is 24.3 Å². The maximum atomic E-state index is 13.2. The molecule has 0 saturated carbocycles. The number of benzene rings is 2. The number of ketones is 1. The summed E-state index contributed by atoms with van der Waals surface area (Å²) in [5.41, 5.74) is 8.30. The largest absolute Gasteiger partial charge is 0.495 e. The summed E-state index contributed by atoms with van der Waals surface area (Å²) < 4.78 is 28.4. The van der Waals surface area contributed by atoms with Crippen LogP contribution in [0.15, 0.2) is 47.1 Å². The lowest BCUT2D eigenvalue weighted by Gasteiger charge is -2.29. The third-order valence-electron chi connectivity index (χ3n) is 5.65. The molecule has 34 heavy (non-hydrogen) atoms. The van der Waals surface area contributed by atoms with E-state index in [1.54, 1.807) is 33.3 Å². The van der Waals surface area contributed by atoms with Crippen LogP contribution >= 0.6 is 15.9 Å². The topological polar surface area (TPSA) is 92.5 Å². The predicted molar refractivity (Wildman–Crippen MR) is 134 cm³/mol. The van der Waals surface area contributed by atoms with Crippen LogP contribution in [0.2, 0.25) is 0 Å². The van der Waals surface area contributed by atoms with Crippen molar-refractivity contribution in [3.63, 3.8) is 0 Å². The van der Waals surface area contributed by atoms with E-state index in [-0.39, 0.29) is 5.78 Å². The Kier molecular flexibility index (Phi) is 9.20. The molecule has 2 aromatic rings. The standard InChI is InChI=1S/C25H31BrN2O6/c1-16(34-22(15-27)18-13-20(30-2)23(26)21(14-18)31-3)24(29)25(32-4)17-5-7-19(8-6-17)28-9-11-33-12-10-28/h5-8,13-16,25H,9-12,27H2,1-4H3/b22-15-. The number of hydrogen-bond donors (Lipinski definition) is 1. The number of nitrogens with zero attached hydrogens (tertiary/aromatic N) is 1. The molecule has 0 radical (unpaired) electrons. The minimum absolute atomic E-state index is 0.225. The van der Waals surface area contributed by atoms with Gasteiger partial charge < -0.3 is 34.3 Å². The summed E-state index contributed by atoms with van der Waals surface area (Å²) >= 11 is 3.44. The first kappa shape index (κ1) is 25.9. The third kappa shape index (κ3) is 5.84. The average molecular weight is 535 g/mol. The van der Waals surface area contributed by atoms with E-state index in [9.17, 15) is 4.79 Å². The van der Waals surface area contributed by atoms with Crippen molar-refractivity contribution in [2.75, 3.05) is 52.5 Å². The van der Waals surface area contributed by atoms with Gasteiger partial charge in [0.25, 0.3) is 0 Å². The molecule has 184 valence electrons. The van der Waals surface area contributed by atoms with Gasteiger partial charge in [-0.25, -0.2) is 0 Å². The van der Waals surface area contributed by atoms with Crippen LogP contribution in [0.4, 0.5) is 5.69 Å². The quantitative estimate of drug-likeness (QED) is 0.458. The van der Waals surface area contributed by atoms with Gasteiger partial charge >= 0.3 is 0 Å². The highest BCUT2D eigenvalue weighted by atomic mass is 79.9. The molecule has 8 nitrogen and oxygen atoms in total. The monoisotopic (exact) mass is 534 g/mol. The number of ether oxygens (including phenoxy) is 5. The van der Waals surface area contributed by atoms with Crippen LogP contribution in [0.1, 0.15) is 24.2 Å². The van der Waals surface area contributed by atoms with E-state index in [0.29, 0.717) is 40.5 Å². The summed E-state index contributed by atoms with van der Waals surface area (Å²) in [5, 5.41) is 0. The van der Waals surface area contributed by atoms with Gasteiger partial charge in [0.05, 0.1) is 27.4 Å². The van der Waals surface area contributed by atoms with Gasteiger partial charge in [0.1, 0.15) is 27.8 Å². The van der Waals surface area contributed by atoms with Crippen LogP contribution in [0.25, 0.3) is 5.76 Å². The van der Waals surface area contributed by atoms with E-state index in [2.05, 4.69) is 20.8 Å². The number of methoxy groups -OCH3 is 3. The zero-order valence-electron chi connectivity index (χ0n) is 19.9. The second-order valence-corrected chi connectivity index (χ2v) is 8.49. The van der Waals surface area contributed by atoms with Gasteiger partial charge in [-0.15, -0.1) is 0 Å². The predicted octanol–water partition coefficient (Wildman–Crippen LogP) is 3.92. The first-order valence-corrected chi connectivity index (χ1v) is 11.7. The van der Waals surface area contributed by atoms with Crippen LogP contribution in [0.3, 0.4) is 0 Å². The maximum absolute atomic E-state index is 13.2. The fraction of sp³-hybridized carbons (Fsp3) is 0.400. The average Bonchev–Trinajstić information content (AvgIpc) is 2.88. The lowest BCUT2D eigenvalue weighted by molar-refractivity contribution is -0.136. The van der Waals surface area contributed by atoms with Crippen LogP contribution in [-0.4, -0.2) is 59.5 Å². The molecule has 0 spiro atoms. The zero-order valence-corrected chi connectivity index (χ0v) is 21.5. The van der Waals surface area contributed by atoms with Crippen molar-refractivity contribution in [2.45, 2.75) is 19.1 Å². The highest BCUT2D eigenvalue weighted by Crippen LogP contribution is 2.38. The number of nitrogens with two attached hydrogens (primary N) is 1. The number of carbonyl (C=O) groups is 1. The van der Waals surface area contributed by atoms with Gasteiger partial charge in [0, 0.05) is 37.7 Å². The Morgan fingerprint density at radius 1 is 1.09 bits per heavy atom. The molecular weight excluding hydrogens is 504 g/mol. The fourth-order valence-corrected chi connectivity index (χ4v) is 4.33. The number of rotatable bonds is 10. The summed E-state index contributed by atoms with van der Waals surface area (Å²) in [6, 6.07) is 11.3. The van der Waals surface area contributed by atoms with Crippen LogP contribution < -0.4 is 20.1 Å². The molecule has 9 heteroatoms. The van der Waals surface area contributed by atoms with Crippen molar-refractivity contribution >= 4 is 33.2 Å². The number of halogens is 1. The van der Waals surface area contributed by atoms with E-state index < -0.39 is 12.2 Å². The molecule has 1 aliphatic rings. The van der Waals surface area contributed by atoms with Crippen molar-refractivity contribution in [1.29, 1.82) is 0 Å². The Bertz CT molecular complexity index is 980. The smallest absolute Gasteiger partial charge is 0.206 e. The molecule has 0 amide bonds. The molecule has 0 aromatic heterocycles. The van der Waals surface area contributed by atoms with E-state index in [1.165, 1.54) is 13.3 Å². The van der Waals surface area contributed by atoms with Crippen molar-refractivity contribution in [3.8, 4) is 11.5 Å². The minimum atomic E-state index is -0.820. The van der Waals surface area contributed by atoms with E-state index >= 15 is 0 Å². The molecule has 1 heterocycles. The third-order valence-corrected chi connectivity index (χ3v) is 6.43. The summed E-state index contributed by atoms with van der Waals surface area (Å²) in [4.78, 5) is 15.5. The number of Topliss-reactive ketones (excluding diaryl/α,β-unsaturated/α-hetero) is 1. The molecule has 0 aliphatic carbocycles. The first-order chi connectivity index (χ1) is 16.4. The molecule has 2 atom stereocenters. The maximum Gasteiger partial charge on any atom is 0.206 e. The summed E-state index contributed by atoms with van der Waals surface area (Å²) in [5.74, 6) is 1.19. The molecule has 3 rings (SSSR count). The van der Waals surface area contributed by atoms with Crippen molar-refractivity contribution in [1.82, 2.24) is 0 Å².